The van der Waals surface area contributed by atoms with Crippen molar-refractivity contribution in [3.05, 3.63) is 5.01 Å². The largest absolute Gasteiger partial charge is 0.350 e. The highest BCUT2D eigenvalue weighted by molar-refractivity contribution is 7.93. The van der Waals surface area contributed by atoms with Gasteiger partial charge in [-0.15, -0.1) is 10.2 Å². The number of nitrogens with zero attached hydrogens (tertiary/aromatic N) is 2. The Bertz CT molecular complexity index is 495. The van der Waals surface area contributed by atoms with E-state index in [0.29, 0.717) is 13.0 Å². The zero-order valence-corrected chi connectivity index (χ0v) is 11.6. The van der Waals surface area contributed by atoms with E-state index in [1.807, 2.05) is 0 Å². The van der Waals surface area contributed by atoms with E-state index in [4.69, 9.17) is 0 Å². The van der Waals surface area contributed by atoms with Crippen LogP contribution in [0, 0.1) is 0 Å². The maximum Gasteiger partial charge on any atom is 0.282 e. The first-order valence-corrected chi connectivity index (χ1v) is 7.65. The number of sulfone groups is 1. The number of hydrogen-bond donors (Lipinski definition) is 1. The molecule has 0 aliphatic heterocycles. The number of amides is 1. The van der Waals surface area contributed by atoms with Gasteiger partial charge < -0.3 is 5.32 Å². The van der Waals surface area contributed by atoms with Gasteiger partial charge in [0.1, 0.15) is 0 Å². The molecule has 1 heterocycles. The van der Waals surface area contributed by atoms with Crippen LogP contribution in [0.25, 0.3) is 0 Å². The Hall–Kier alpha value is -1.02. The predicted molar refractivity (Wildman–Crippen MR) is 64.9 cm³/mol. The van der Waals surface area contributed by atoms with Crippen LogP contribution in [-0.4, -0.2) is 36.3 Å². The van der Waals surface area contributed by atoms with Gasteiger partial charge in [0.25, 0.3) is 5.91 Å². The summed E-state index contributed by atoms with van der Waals surface area (Å²) < 4.78 is 23.8. The smallest absolute Gasteiger partial charge is 0.282 e. The predicted octanol–water partition coefficient (Wildman–Crippen LogP) is 0.860. The van der Waals surface area contributed by atoms with Crippen LogP contribution in [0.15, 0.2) is 4.34 Å². The molecule has 17 heavy (non-hydrogen) atoms. The van der Waals surface area contributed by atoms with Crippen LogP contribution < -0.4 is 5.32 Å². The van der Waals surface area contributed by atoms with Gasteiger partial charge in [-0.1, -0.05) is 18.3 Å². The van der Waals surface area contributed by atoms with Crippen molar-refractivity contribution in [2.24, 2.45) is 0 Å². The van der Waals surface area contributed by atoms with Crippen LogP contribution in [0.1, 0.15) is 37.0 Å². The average Bonchev–Trinajstić information content (AvgIpc) is 2.78. The Morgan fingerprint density at radius 1 is 1.41 bits per heavy atom. The molecule has 0 spiro atoms. The third-order valence-corrected chi connectivity index (χ3v) is 5.91. The minimum atomic E-state index is -3.45. The molecular formula is C9H15N3O3S2. The van der Waals surface area contributed by atoms with Crippen LogP contribution in [-0.2, 0) is 9.84 Å². The molecule has 1 rings (SSSR count). The van der Waals surface area contributed by atoms with Crippen molar-refractivity contribution in [3.63, 3.8) is 0 Å². The molecule has 0 saturated carbocycles. The fraction of sp³-hybridized carbons (Fsp3) is 0.667. The van der Waals surface area contributed by atoms with Gasteiger partial charge in [-0.05, 0) is 20.3 Å². The Labute approximate surface area is 104 Å². The highest BCUT2D eigenvalue weighted by Crippen LogP contribution is 2.21. The monoisotopic (exact) mass is 277 g/mol. The van der Waals surface area contributed by atoms with Gasteiger partial charge >= 0.3 is 0 Å². The summed E-state index contributed by atoms with van der Waals surface area (Å²) in [5.74, 6) is -0.393. The Balaban J connectivity index is 2.99. The Kier molecular flexibility index (Phi) is 4.58. The van der Waals surface area contributed by atoms with Crippen LogP contribution in [0.2, 0.25) is 0 Å². The standard InChI is InChI=1S/C9H15N3O3S2/c1-4-6(3)17(14,15)9-12-11-8(16-9)7(13)10-5-2/h6H,4-5H2,1-3H3,(H,10,13). The topological polar surface area (TPSA) is 89.0 Å². The number of carbonyl (C=O) groups excluding carboxylic acids is 1. The second-order valence-electron chi connectivity index (χ2n) is 3.50. The van der Waals surface area contributed by atoms with Gasteiger partial charge in [0, 0.05) is 6.54 Å². The summed E-state index contributed by atoms with van der Waals surface area (Å²) in [6.45, 7) is 5.64. The lowest BCUT2D eigenvalue weighted by Crippen LogP contribution is -2.22. The van der Waals surface area contributed by atoms with Gasteiger partial charge in [0.05, 0.1) is 5.25 Å². The molecule has 1 amide bonds. The number of aromatic nitrogens is 2. The summed E-state index contributed by atoms with van der Waals surface area (Å²) in [7, 11) is -3.45. The molecule has 96 valence electrons. The average molecular weight is 277 g/mol. The van der Waals surface area contributed by atoms with E-state index in [1.54, 1.807) is 20.8 Å². The molecule has 0 bridgehead atoms. The molecule has 1 N–H and O–H groups in total. The van der Waals surface area contributed by atoms with E-state index >= 15 is 0 Å². The second kappa shape index (κ2) is 5.54. The summed E-state index contributed by atoms with van der Waals surface area (Å²) in [5, 5.41) is 9.28. The first-order valence-electron chi connectivity index (χ1n) is 5.29. The van der Waals surface area contributed by atoms with Crippen molar-refractivity contribution in [3.8, 4) is 0 Å². The zero-order valence-electron chi connectivity index (χ0n) is 9.93. The minimum Gasteiger partial charge on any atom is -0.350 e. The van der Waals surface area contributed by atoms with Crippen LogP contribution >= 0.6 is 11.3 Å². The highest BCUT2D eigenvalue weighted by atomic mass is 32.2. The van der Waals surface area contributed by atoms with Gasteiger partial charge in [-0.25, -0.2) is 8.42 Å². The van der Waals surface area contributed by atoms with E-state index in [9.17, 15) is 13.2 Å². The van der Waals surface area contributed by atoms with E-state index in [0.717, 1.165) is 11.3 Å². The fourth-order valence-electron chi connectivity index (χ4n) is 1.04. The first kappa shape index (κ1) is 14.0. The molecule has 1 atom stereocenters. The zero-order chi connectivity index (χ0) is 13.1. The summed E-state index contributed by atoms with van der Waals surface area (Å²) in [5.41, 5.74) is 0. The van der Waals surface area contributed by atoms with Crippen molar-refractivity contribution in [1.29, 1.82) is 0 Å². The van der Waals surface area contributed by atoms with Gasteiger partial charge in [0.15, 0.2) is 0 Å². The molecule has 1 unspecified atom stereocenters. The Morgan fingerprint density at radius 2 is 2.06 bits per heavy atom. The number of carbonyl (C=O) groups is 1. The summed E-state index contributed by atoms with van der Waals surface area (Å²) >= 11 is 0.809. The van der Waals surface area contributed by atoms with E-state index in [2.05, 4.69) is 15.5 Å². The summed E-state index contributed by atoms with van der Waals surface area (Å²) in [6, 6.07) is 0. The SMILES string of the molecule is CCNC(=O)c1nnc(S(=O)(=O)C(C)CC)s1. The maximum absolute atomic E-state index is 11.9. The quantitative estimate of drug-likeness (QED) is 0.862. The van der Waals surface area contributed by atoms with Gasteiger partial charge in [0.2, 0.25) is 19.2 Å². The van der Waals surface area contributed by atoms with E-state index in [1.165, 1.54) is 0 Å². The molecule has 6 nitrogen and oxygen atoms in total. The van der Waals surface area contributed by atoms with Crippen molar-refractivity contribution in [2.75, 3.05) is 6.54 Å². The maximum atomic E-state index is 11.9. The summed E-state index contributed by atoms with van der Waals surface area (Å²) in [4.78, 5) is 11.4. The van der Waals surface area contributed by atoms with Crippen molar-refractivity contribution < 1.29 is 13.2 Å². The Morgan fingerprint density at radius 3 is 2.59 bits per heavy atom. The molecule has 0 saturated heterocycles. The first-order chi connectivity index (χ1) is 7.93. The molecule has 1 aromatic heterocycles. The molecular weight excluding hydrogens is 262 g/mol. The molecule has 0 fully saturated rings. The molecule has 0 aliphatic carbocycles. The third-order valence-electron chi connectivity index (χ3n) is 2.29. The van der Waals surface area contributed by atoms with Crippen molar-refractivity contribution >= 4 is 27.1 Å². The summed E-state index contributed by atoms with van der Waals surface area (Å²) in [6.07, 6.45) is 0.498. The van der Waals surface area contributed by atoms with Gasteiger partial charge in [-0.3, -0.25) is 4.79 Å². The fourth-order valence-corrected chi connectivity index (χ4v) is 3.67. The van der Waals surface area contributed by atoms with E-state index < -0.39 is 21.0 Å². The molecule has 0 radical (unpaired) electrons. The van der Waals surface area contributed by atoms with Crippen molar-refractivity contribution in [1.82, 2.24) is 15.5 Å². The normalized spacial score (nSPS) is 13.4. The van der Waals surface area contributed by atoms with Crippen molar-refractivity contribution in [2.45, 2.75) is 36.8 Å². The van der Waals surface area contributed by atoms with E-state index in [-0.39, 0.29) is 9.35 Å². The molecule has 0 aromatic carbocycles. The number of rotatable bonds is 5. The minimum absolute atomic E-state index is 0.0775. The number of hydrogen-bond acceptors (Lipinski definition) is 6. The third kappa shape index (κ3) is 3.01. The second-order valence-corrected chi connectivity index (χ2v) is 7.01. The van der Waals surface area contributed by atoms with Gasteiger partial charge in [-0.2, -0.15) is 0 Å². The number of nitrogens with one attached hydrogen (secondary N) is 1. The lowest BCUT2D eigenvalue weighted by atomic mass is 10.4. The lowest BCUT2D eigenvalue weighted by Gasteiger charge is -2.05. The molecule has 1 aromatic rings. The molecule has 8 heteroatoms. The lowest BCUT2D eigenvalue weighted by molar-refractivity contribution is 0.0954. The highest BCUT2D eigenvalue weighted by Gasteiger charge is 2.27. The molecule has 0 aliphatic rings. The van der Waals surface area contributed by atoms with Crippen LogP contribution in [0.5, 0.6) is 0 Å². The van der Waals surface area contributed by atoms with Crippen LogP contribution in [0.3, 0.4) is 0 Å². The van der Waals surface area contributed by atoms with Crippen LogP contribution in [0.4, 0.5) is 0 Å².